The van der Waals surface area contributed by atoms with E-state index in [1.54, 1.807) is 12.4 Å². The molecule has 88 valence electrons. The van der Waals surface area contributed by atoms with E-state index >= 15 is 0 Å². The first-order chi connectivity index (χ1) is 8.84. The highest BCUT2D eigenvalue weighted by Crippen LogP contribution is 2.19. The Morgan fingerprint density at radius 1 is 1.11 bits per heavy atom. The second-order valence-corrected chi connectivity index (χ2v) is 4.88. The smallest absolute Gasteiger partial charge is 0.170 e. The summed E-state index contributed by atoms with van der Waals surface area (Å²) in [5.41, 5.74) is 1.57. The minimum Gasteiger partial charge on any atom is -0.294 e. The van der Waals surface area contributed by atoms with Crippen LogP contribution in [0.4, 0.5) is 0 Å². The average molecular weight is 254 g/mol. The van der Waals surface area contributed by atoms with Gasteiger partial charge in [0.2, 0.25) is 0 Å². The summed E-state index contributed by atoms with van der Waals surface area (Å²) in [5.74, 6) is 0.0866. The van der Waals surface area contributed by atoms with Gasteiger partial charge in [0.15, 0.2) is 5.78 Å². The summed E-state index contributed by atoms with van der Waals surface area (Å²) in [6.07, 6.45) is 3.81. The predicted molar refractivity (Wildman–Crippen MR) is 71.9 cm³/mol. The minimum atomic E-state index is 0.0866. The quantitative estimate of drug-likeness (QED) is 0.674. The highest BCUT2D eigenvalue weighted by molar-refractivity contribution is 7.09. The van der Waals surface area contributed by atoms with Crippen LogP contribution >= 0.6 is 11.3 Å². The molecular weight excluding hydrogens is 244 g/mol. The summed E-state index contributed by atoms with van der Waals surface area (Å²) in [6, 6.07) is 9.40. The lowest BCUT2D eigenvalue weighted by molar-refractivity contribution is 0.0994. The summed E-state index contributed by atoms with van der Waals surface area (Å²) in [4.78, 5) is 20.7. The van der Waals surface area contributed by atoms with E-state index in [1.165, 1.54) is 11.3 Å². The van der Waals surface area contributed by atoms with Crippen LogP contribution < -0.4 is 0 Å². The molecule has 3 rings (SSSR count). The number of Topliss-reactive ketones (excluding diaryl/α,β-unsaturated/α-hetero) is 1. The number of ketones is 1. The molecule has 0 aliphatic carbocycles. The molecule has 0 atom stereocenters. The molecule has 0 saturated heterocycles. The second kappa shape index (κ2) is 4.66. The molecule has 0 spiro atoms. The number of aromatic nitrogens is 2. The number of hydrogen-bond acceptors (Lipinski definition) is 4. The molecule has 0 aliphatic rings. The van der Waals surface area contributed by atoms with Gasteiger partial charge in [-0.3, -0.25) is 9.78 Å². The Kier molecular flexibility index (Phi) is 2.86. The van der Waals surface area contributed by atoms with Gasteiger partial charge in [0, 0.05) is 28.7 Å². The van der Waals surface area contributed by atoms with E-state index in [1.807, 2.05) is 35.7 Å². The number of benzene rings is 1. The molecule has 0 bridgehead atoms. The van der Waals surface area contributed by atoms with Crippen LogP contribution in [0.2, 0.25) is 0 Å². The fourth-order valence-corrected chi connectivity index (χ4v) is 2.53. The highest BCUT2D eigenvalue weighted by atomic mass is 32.1. The SMILES string of the molecule is O=C(Cc1nccs1)c1cccc2ncccc12. The van der Waals surface area contributed by atoms with Gasteiger partial charge < -0.3 is 0 Å². The summed E-state index contributed by atoms with van der Waals surface area (Å²) in [5, 5.41) is 3.63. The van der Waals surface area contributed by atoms with Crippen molar-refractivity contribution in [2.45, 2.75) is 6.42 Å². The van der Waals surface area contributed by atoms with E-state index in [-0.39, 0.29) is 5.78 Å². The zero-order chi connectivity index (χ0) is 12.4. The maximum atomic E-state index is 12.3. The summed E-state index contributed by atoms with van der Waals surface area (Å²) < 4.78 is 0. The summed E-state index contributed by atoms with van der Waals surface area (Å²) in [6.45, 7) is 0. The molecule has 0 amide bonds. The van der Waals surface area contributed by atoms with Gasteiger partial charge in [-0.15, -0.1) is 11.3 Å². The molecule has 2 aromatic heterocycles. The number of thiazole rings is 1. The van der Waals surface area contributed by atoms with Crippen LogP contribution in [0.1, 0.15) is 15.4 Å². The highest BCUT2D eigenvalue weighted by Gasteiger charge is 2.12. The van der Waals surface area contributed by atoms with E-state index in [2.05, 4.69) is 9.97 Å². The first kappa shape index (κ1) is 11.0. The predicted octanol–water partition coefficient (Wildman–Crippen LogP) is 3.12. The number of hydrogen-bond donors (Lipinski definition) is 0. The second-order valence-electron chi connectivity index (χ2n) is 3.90. The molecular formula is C14H10N2OS. The zero-order valence-corrected chi connectivity index (χ0v) is 10.4. The summed E-state index contributed by atoms with van der Waals surface area (Å²) >= 11 is 1.50. The summed E-state index contributed by atoms with van der Waals surface area (Å²) in [7, 11) is 0. The Balaban J connectivity index is 2.01. The van der Waals surface area contributed by atoms with Gasteiger partial charge in [0.1, 0.15) is 5.01 Å². The van der Waals surface area contributed by atoms with E-state index in [0.717, 1.165) is 21.5 Å². The standard InChI is InChI=1S/C14H10N2OS/c17-13(9-14-16-7-8-18-14)11-3-1-5-12-10(11)4-2-6-15-12/h1-8H,9H2. The molecule has 3 nitrogen and oxygen atoms in total. The van der Waals surface area contributed by atoms with Crippen LogP contribution in [0, 0.1) is 0 Å². The number of pyridine rings is 1. The van der Waals surface area contributed by atoms with E-state index in [0.29, 0.717) is 6.42 Å². The van der Waals surface area contributed by atoms with Gasteiger partial charge in [-0.05, 0) is 12.1 Å². The largest absolute Gasteiger partial charge is 0.294 e. The van der Waals surface area contributed by atoms with Crippen molar-refractivity contribution in [3.8, 4) is 0 Å². The van der Waals surface area contributed by atoms with Crippen LogP contribution in [-0.2, 0) is 6.42 Å². The maximum absolute atomic E-state index is 12.3. The van der Waals surface area contributed by atoms with Crippen LogP contribution in [0.15, 0.2) is 48.1 Å². The van der Waals surface area contributed by atoms with E-state index in [9.17, 15) is 4.79 Å². The minimum absolute atomic E-state index is 0.0866. The maximum Gasteiger partial charge on any atom is 0.170 e. The third-order valence-electron chi connectivity index (χ3n) is 2.74. The lowest BCUT2D eigenvalue weighted by Gasteiger charge is -2.03. The van der Waals surface area contributed by atoms with Crippen molar-refractivity contribution in [1.82, 2.24) is 9.97 Å². The Labute approximate surface area is 108 Å². The van der Waals surface area contributed by atoms with Gasteiger partial charge in [-0.2, -0.15) is 0 Å². The molecule has 0 unspecified atom stereocenters. The molecule has 0 saturated carbocycles. The first-order valence-electron chi connectivity index (χ1n) is 5.60. The lowest BCUT2D eigenvalue weighted by Crippen LogP contribution is -2.04. The van der Waals surface area contributed by atoms with Crippen LogP contribution in [-0.4, -0.2) is 15.8 Å². The number of carbonyl (C=O) groups excluding carboxylic acids is 1. The Bertz CT molecular complexity index is 687. The number of rotatable bonds is 3. The number of fused-ring (bicyclic) bond motifs is 1. The average Bonchev–Trinajstić information content (AvgIpc) is 2.91. The molecule has 4 heteroatoms. The van der Waals surface area contributed by atoms with Crippen molar-refractivity contribution in [2.75, 3.05) is 0 Å². The van der Waals surface area contributed by atoms with Crippen LogP contribution in [0.3, 0.4) is 0 Å². The molecule has 0 aliphatic heterocycles. The molecule has 2 heterocycles. The zero-order valence-electron chi connectivity index (χ0n) is 9.54. The van der Waals surface area contributed by atoms with Crippen molar-refractivity contribution in [3.05, 3.63) is 58.7 Å². The van der Waals surface area contributed by atoms with Crippen LogP contribution in [0.25, 0.3) is 10.9 Å². The Morgan fingerprint density at radius 2 is 2.06 bits per heavy atom. The van der Waals surface area contributed by atoms with Crippen molar-refractivity contribution in [2.24, 2.45) is 0 Å². The molecule has 1 aromatic carbocycles. The Morgan fingerprint density at radius 3 is 2.89 bits per heavy atom. The van der Waals surface area contributed by atoms with Crippen molar-refractivity contribution < 1.29 is 4.79 Å². The fourth-order valence-electron chi connectivity index (χ4n) is 1.92. The van der Waals surface area contributed by atoms with E-state index < -0.39 is 0 Å². The van der Waals surface area contributed by atoms with E-state index in [4.69, 9.17) is 0 Å². The molecule has 0 fully saturated rings. The molecule has 0 radical (unpaired) electrons. The topological polar surface area (TPSA) is 42.9 Å². The third kappa shape index (κ3) is 2.02. The van der Waals surface area contributed by atoms with Gasteiger partial charge in [-0.25, -0.2) is 4.98 Å². The third-order valence-corrected chi connectivity index (χ3v) is 3.52. The van der Waals surface area contributed by atoms with Crippen molar-refractivity contribution >= 4 is 28.0 Å². The number of nitrogens with zero attached hydrogens (tertiary/aromatic N) is 2. The fraction of sp³-hybridized carbons (Fsp3) is 0.0714. The first-order valence-corrected chi connectivity index (χ1v) is 6.48. The van der Waals surface area contributed by atoms with Gasteiger partial charge in [-0.1, -0.05) is 18.2 Å². The van der Waals surface area contributed by atoms with Gasteiger partial charge in [0.25, 0.3) is 0 Å². The van der Waals surface area contributed by atoms with Crippen molar-refractivity contribution in [3.63, 3.8) is 0 Å². The monoisotopic (exact) mass is 254 g/mol. The van der Waals surface area contributed by atoms with Crippen molar-refractivity contribution in [1.29, 1.82) is 0 Å². The lowest BCUT2D eigenvalue weighted by atomic mass is 10.0. The molecule has 0 N–H and O–H groups in total. The molecule has 3 aromatic rings. The van der Waals surface area contributed by atoms with Gasteiger partial charge in [0.05, 0.1) is 11.9 Å². The number of carbonyl (C=O) groups is 1. The van der Waals surface area contributed by atoms with Gasteiger partial charge >= 0.3 is 0 Å². The van der Waals surface area contributed by atoms with Crippen LogP contribution in [0.5, 0.6) is 0 Å². The Hall–Kier alpha value is -2.07. The molecule has 18 heavy (non-hydrogen) atoms. The normalized spacial score (nSPS) is 10.7.